The van der Waals surface area contributed by atoms with Crippen LogP contribution in [0.3, 0.4) is 0 Å². The van der Waals surface area contributed by atoms with Crippen molar-refractivity contribution in [1.29, 1.82) is 0 Å². The Kier molecular flexibility index (Phi) is 6.08. The van der Waals surface area contributed by atoms with Crippen molar-refractivity contribution in [3.8, 4) is 0 Å². The molecule has 0 N–H and O–H groups in total. The second-order valence-electron chi connectivity index (χ2n) is 7.81. The van der Waals surface area contributed by atoms with Gasteiger partial charge >= 0.3 is 5.97 Å². The number of rotatable bonds is 7. The molecule has 4 nitrogen and oxygen atoms in total. The number of hydrogen-bond acceptors (Lipinski definition) is 4. The second-order valence-corrected chi connectivity index (χ2v) is 7.81. The van der Waals surface area contributed by atoms with Crippen LogP contribution in [0, 0.1) is 0 Å². The molecular formula is C27H28N2O2. The van der Waals surface area contributed by atoms with Crippen LogP contribution < -0.4 is 0 Å². The average Bonchev–Trinajstić information content (AvgIpc) is 3.20. The molecule has 3 aromatic rings. The second kappa shape index (κ2) is 9.09. The van der Waals surface area contributed by atoms with Crippen molar-refractivity contribution in [3.05, 3.63) is 120 Å². The van der Waals surface area contributed by atoms with Gasteiger partial charge < -0.3 is 14.5 Å². The molecule has 1 heterocycles. The Bertz CT molecular complexity index is 936. The zero-order valence-corrected chi connectivity index (χ0v) is 18.1. The number of benzene rings is 3. The van der Waals surface area contributed by atoms with E-state index in [1.165, 1.54) is 23.8 Å². The summed E-state index contributed by atoms with van der Waals surface area (Å²) < 4.78 is 4.85. The van der Waals surface area contributed by atoms with Crippen LogP contribution in [0.25, 0.3) is 0 Å². The van der Waals surface area contributed by atoms with E-state index in [4.69, 9.17) is 4.74 Å². The molecular weight excluding hydrogens is 384 g/mol. The third kappa shape index (κ3) is 3.93. The van der Waals surface area contributed by atoms with Gasteiger partial charge in [0.05, 0.1) is 20.2 Å². The minimum Gasteiger partial charge on any atom is -0.469 e. The standard InChI is InChI=1S/C27H28N2O2/c1-28-21-29(20-25(28)18-19-26(30)31-2)27(22-12-6-3-7-13-22,23-14-8-4-9-15-23)24-16-10-5-11-17-24/h3-17,20H,18-19,21H2,1-2H3. The van der Waals surface area contributed by atoms with Crippen LogP contribution in [0.5, 0.6) is 0 Å². The first-order valence-electron chi connectivity index (χ1n) is 10.6. The molecule has 0 saturated heterocycles. The van der Waals surface area contributed by atoms with Crippen molar-refractivity contribution < 1.29 is 9.53 Å². The van der Waals surface area contributed by atoms with Gasteiger partial charge in [-0.05, 0) is 23.1 Å². The fraction of sp³-hybridized carbons (Fsp3) is 0.222. The highest BCUT2D eigenvalue weighted by Gasteiger charge is 2.43. The van der Waals surface area contributed by atoms with E-state index in [1.54, 1.807) is 0 Å². The predicted octanol–water partition coefficient (Wildman–Crippen LogP) is 4.98. The Balaban J connectivity index is 1.89. The molecule has 0 atom stereocenters. The molecule has 0 aromatic heterocycles. The summed E-state index contributed by atoms with van der Waals surface area (Å²) >= 11 is 0. The summed E-state index contributed by atoms with van der Waals surface area (Å²) in [4.78, 5) is 16.3. The topological polar surface area (TPSA) is 32.8 Å². The zero-order chi connectivity index (χ0) is 21.7. The molecule has 1 aliphatic rings. The van der Waals surface area contributed by atoms with Crippen LogP contribution >= 0.6 is 0 Å². The summed E-state index contributed by atoms with van der Waals surface area (Å²) in [7, 11) is 3.52. The Morgan fingerprint density at radius 3 is 1.71 bits per heavy atom. The summed E-state index contributed by atoms with van der Waals surface area (Å²) in [5.41, 5.74) is 4.23. The third-order valence-corrected chi connectivity index (χ3v) is 5.98. The number of esters is 1. The molecule has 4 rings (SSSR count). The molecule has 0 unspecified atom stereocenters. The lowest BCUT2D eigenvalue weighted by Gasteiger charge is -2.44. The molecule has 3 aromatic carbocycles. The maximum absolute atomic E-state index is 11.7. The van der Waals surface area contributed by atoms with E-state index in [1.807, 2.05) is 0 Å². The van der Waals surface area contributed by atoms with Crippen LogP contribution in [0.2, 0.25) is 0 Å². The SMILES string of the molecule is COC(=O)CCC1=CN(C(c2ccccc2)(c2ccccc2)c2ccccc2)CN1C. The van der Waals surface area contributed by atoms with E-state index in [-0.39, 0.29) is 5.97 Å². The zero-order valence-electron chi connectivity index (χ0n) is 18.1. The van der Waals surface area contributed by atoms with Gasteiger partial charge in [-0.3, -0.25) is 4.79 Å². The molecule has 158 valence electrons. The van der Waals surface area contributed by atoms with Gasteiger partial charge in [0.2, 0.25) is 0 Å². The molecule has 0 saturated carbocycles. The van der Waals surface area contributed by atoms with E-state index in [0.29, 0.717) is 12.8 Å². The summed E-state index contributed by atoms with van der Waals surface area (Å²) in [6.45, 7) is 0.717. The maximum Gasteiger partial charge on any atom is 0.305 e. The van der Waals surface area contributed by atoms with Crippen molar-refractivity contribution in [2.24, 2.45) is 0 Å². The largest absolute Gasteiger partial charge is 0.469 e. The molecule has 4 heteroatoms. The number of carbonyl (C=O) groups is 1. The minimum absolute atomic E-state index is 0.187. The Morgan fingerprint density at radius 2 is 1.29 bits per heavy atom. The first kappa shape index (κ1) is 20.7. The lowest BCUT2D eigenvalue weighted by atomic mass is 9.76. The average molecular weight is 413 g/mol. The van der Waals surface area contributed by atoms with E-state index in [0.717, 1.165) is 12.4 Å². The molecule has 1 aliphatic heterocycles. The quantitative estimate of drug-likeness (QED) is 0.405. The highest BCUT2D eigenvalue weighted by Crippen LogP contribution is 2.44. The van der Waals surface area contributed by atoms with Gasteiger partial charge in [-0.15, -0.1) is 0 Å². The van der Waals surface area contributed by atoms with Crippen LogP contribution in [0.1, 0.15) is 29.5 Å². The van der Waals surface area contributed by atoms with Gasteiger partial charge in [-0.1, -0.05) is 91.0 Å². The number of methoxy groups -OCH3 is 1. The Labute approximate surface area is 184 Å². The van der Waals surface area contributed by atoms with Crippen LogP contribution in [0.15, 0.2) is 103 Å². The summed E-state index contributed by atoms with van der Waals surface area (Å²) in [5.74, 6) is -0.187. The Hall–Kier alpha value is -3.53. The predicted molar refractivity (Wildman–Crippen MR) is 123 cm³/mol. The molecule has 0 fully saturated rings. The maximum atomic E-state index is 11.7. The van der Waals surface area contributed by atoms with Crippen molar-refractivity contribution >= 4 is 5.97 Å². The van der Waals surface area contributed by atoms with Crippen LogP contribution in [-0.2, 0) is 15.1 Å². The Morgan fingerprint density at radius 1 is 0.839 bits per heavy atom. The van der Waals surface area contributed by atoms with Crippen molar-refractivity contribution in [1.82, 2.24) is 9.80 Å². The fourth-order valence-corrected chi connectivity index (χ4v) is 4.46. The van der Waals surface area contributed by atoms with Crippen LogP contribution in [-0.4, -0.2) is 36.6 Å². The molecule has 0 bridgehead atoms. The summed E-state index contributed by atoms with van der Waals surface area (Å²) in [6, 6.07) is 31.9. The van der Waals surface area contributed by atoms with Crippen LogP contribution in [0.4, 0.5) is 0 Å². The molecule has 0 aliphatic carbocycles. The highest BCUT2D eigenvalue weighted by atomic mass is 16.5. The van der Waals surface area contributed by atoms with Gasteiger partial charge in [0, 0.05) is 18.9 Å². The monoisotopic (exact) mass is 412 g/mol. The molecule has 0 radical (unpaired) electrons. The van der Waals surface area contributed by atoms with E-state index >= 15 is 0 Å². The number of allylic oxidation sites excluding steroid dienone is 1. The number of nitrogens with zero attached hydrogens (tertiary/aromatic N) is 2. The van der Waals surface area contributed by atoms with Crippen molar-refractivity contribution in [3.63, 3.8) is 0 Å². The first-order chi connectivity index (χ1) is 15.2. The molecule has 0 spiro atoms. The van der Waals surface area contributed by atoms with Gasteiger partial charge in [-0.2, -0.15) is 0 Å². The summed E-state index contributed by atoms with van der Waals surface area (Å²) in [6.07, 6.45) is 3.22. The van der Waals surface area contributed by atoms with E-state index in [9.17, 15) is 4.79 Å². The normalized spacial score (nSPS) is 13.8. The third-order valence-electron chi connectivity index (χ3n) is 5.98. The fourth-order valence-electron chi connectivity index (χ4n) is 4.46. The molecule has 31 heavy (non-hydrogen) atoms. The smallest absolute Gasteiger partial charge is 0.305 e. The minimum atomic E-state index is -0.495. The van der Waals surface area contributed by atoms with E-state index < -0.39 is 5.54 Å². The number of carbonyl (C=O) groups excluding carboxylic acids is 1. The van der Waals surface area contributed by atoms with Gasteiger partial charge in [-0.25, -0.2) is 0 Å². The lowest BCUT2D eigenvalue weighted by molar-refractivity contribution is -0.140. The summed E-state index contributed by atoms with van der Waals surface area (Å²) in [5, 5.41) is 0. The van der Waals surface area contributed by atoms with Gasteiger partial charge in [0.1, 0.15) is 5.54 Å². The number of hydrogen-bond donors (Lipinski definition) is 0. The van der Waals surface area contributed by atoms with Gasteiger partial charge in [0.15, 0.2) is 0 Å². The molecule has 0 amide bonds. The van der Waals surface area contributed by atoms with E-state index in [2.05, 4.69) is 114 Å². The van der Waals surface area contributed by atoms with Crippen molar-refractivity contribution in [2.45, 2.75) is 18.4 Å². The van der Waals surface area contributed by atoms with Crippen molar-refractivity contribution in [2.75, 3.05) is 20.8 Å². The lowest BCUT2D eigenvalue weighted by Crippen LogP contribution is -2.46. The highest BCUT2D eigenvalue weighted by molar-refractivity contribution is 5.69. The van der Waals surface area contributed by atoms with Gasteiger partial charge in [0.25, 0.3) is 0 Å². The first-order valence-corrected chi connectivity index (χ1v) is 10.6. The number of ether oxygens (including phenoxy) is 1.